The molecule has 0 aliphatic carbocycles. The van der Waals surface area contributed by atoms with Crippen molar-refractivity contribution in [1.29, 1.82) is 0 Å². The Morgan fingerprint density at radius 1 is 1.17 bits per heavy atom. The first-order valence-electron chi connectivity index (χ1n) is 8.02. The Bertz CT molecular complexity index is 688. The number of benzene rings is 2. The van der Waals surface area contributed by atoms with Gasteiger partial charge in [-0.25, -0.2) is 0 Å². The van der Waals surface area contributed by atoms with Gasteiger partial charge in [0.25, 0.3) is 0 Å². The lowest BCUT2D eigenvalue weighted by Crippen LogP contribution is -2.41. The summed E-state index contributed by atoms with van der Waals surface area (Å²) in [6.07, 6.45) is -1.02. The molecule has 0 bridgehead atoms. The quantitative estimate of drug-likeness (QED) is 0.795. The van der Waals surface area contributed by atoms with Crippen LogP contribution in [0.3, 0.4) is 0 Å². The number of esters is 1. The second-order valence-electron chi connectivity index (χ2n) is 6.81. The van der Waals surface area contributed by atoms with E-state index < -0.39 is 23.7 Å². The van der Waals surface area contributed by atoms with E-state index >= 15 is 0 Å². The highest BCUT2D eigenvalue weighted by Crippen LogP contribution is 2.25. The zero-order chi connectivity index (χ0) is 17.7. The SMILES string of the molecule is CC(C)(C)OC(=O)C[C@H](N)C(O)COc1cccc2ccccc12. The van der Waals surface area contributed by atoms with Gasteiger partial charge in [0.1, 0.15) is 24.1 Å². The average molecular weight is 331 g/mol. The molecule has 5 nitrogen and oxygen atoms in total. The van der Waals surface area contributed by atoms with Crippen LogP contribution < -0.4 is 10.5 Å². The summed E-state index contributed by atoms with van der Waals surface area (Å²) in [5.41, 5.74) is 5.31. The molecule has 0 saturated carbocycles. The van der Waals surface area contributed by atoms with E-state index in [-0.39, 0.29) is 13.0 Å². The molecule has 0 fully saturated rings. The Morgan fingerprint density at radius 3 is 2.54 bits per heavy atom. The summed E-state index contributed by atoms with van der Waals surface area (Å²) in [7, 11) is 0. The number of ether oxygens (including phenoxy) is 2. The highest BCUT2D eigenvalue weighted by molar-refractivity contribution is 5.88. The second-order valence-corrected chi connectivity index (χ2v) is 6.81. The van der Waals surface area contributed by atoms with Crippen molar-refractivity contribution in [2.75, 3.05) is 6.61 Å². The molecule has 0 amide bonds. The molecule has 2 rings (SSSR count). The van der Waals surface area contributed by atoms with E-state index in [4.69, 9.17) is 15.2 Å². The molecule has 130 valence electrons. The third-order valence-corrected chi connectivity index (χ3v) is 3.48. The predicted octanol–water partition coefficient (Wildman–Crippen LogP) is 2.64. The van der Waals surface area contributed by atoms with E-state index in [1.165, 1.54) is 0 Å². The molecular formula is C19H25NO4. The van der Waals surface area contributed by atoms with E-state index in [2.05, 4.69) is 0 Å². The highest BCUT2D eigenvalue weighted by Gasteiger charge is 2.23. The van der Waals surface area contributed by atoms with Crippen LogP contribution in [0.5, 0.6) is 5.75 Å². The van der Waals surface area contributed by atoms with Gasteiger partial charge in [0.15, 0.2) is 0 Å². The number of rotatable bonds is 6. The maximum absolute atomic E-state index is 11.8. The Hall–Kier alpha value is -2.11. The fourth-order valence-corrected chi connectivity index (χ4v) is 2.33. The van der Waals surface area contributed by atoms with Crippen LogP contribution in [0.4, 0.5) is 0 Å². The molecule has 0 heterocycles. The first kappa shape index (κ1) is 18.2. The topological polar surface area (TPSA) is 81.8 Å². The lowest BCUT2D eigenvalue weighted by Gasteiger charge is -2.23. The van der Waals surface area contributed by atoms with Gasteiger partial charge in [-0.15, -0.1) is 0 Å². The first-order chi connectivity index (χ1) is 11.3. The minimum absolute atomic E-state index is 0.0119. The number of carbonyl (C=O) groups excluding carboxylic acids is 1. The van der Waals surface area contributed by atoms with Crippen molar-refractivity contribution >= 4 is 16.7 Å². The fourth-order valence-electron chi connectivity index (χ4n) is 2.33. The molecule has 0 aliphatic heterocycles. The molecule has 0 radical (unpaired) electrons. The van der Waals surface area contributed by atoms with Crippen molar-refractivity contribution in [3.63, 3.8) is 0 Å². The molecule has 0 aromatic heterocycles. The number of nitrogens with two attached hydrogens (primary N) is 1. The molecule has 3 N–H and O–H groups in total. The average Bonchev–Trinajstić information content (AvgIpc) is 2.50. The Kier molecular flexibility index (Phi) is 5.80. The summed E-state index contributed by atoms with van der Waals surface area (Å²) in [4.78, 5) is 11.8. The van der Waals surface area contributed by atoms with Crippen LogP contribution in [0.1, 0.15) is 27.2 Å². The maximum atomic E-state index is 11.8. The summed E-state index contributed by atoms with van der Waals surface area (Å²) < 4.78 is 10.9. The number of hydrogen-bond acceptors (Lipinski definition) is 5. The smallest absolute Gasteiger partial charge is 0.307 e. The van der Waals surface area contributed by atoms with Crippen LogP contribution in [0.25, 0.3) is 10.8 Å². The number of aliphatic hydroxyl groups excluding tert-OH is 1. The zero-order valence-corrected chi connectivity index (χ0v) is 14.4. The van der Waals surface area contributed by atoms with E-state index in [0.29, 0.717) is 5.75 Å². The van der Waals surface area contributed by atoms with Crippen LogP contribution in [-0.2, 0) is 9.53 Å². The van der Waals surface area contributed by atoms with Gasteiger partial charge < -0.3 is 20.3 Å². The second kappa shape index (κ2) is 7.64. The van der Waals surface area contributed by atoms with Gasteiger partial charge in [0.2, 0.25) is 0 Å². The van der Waals surface area contributed by atoms with E-state index in [1.807, 2.05) is 42.5 Å². The number of carbonyl (C=O) groups is 1. The van der Waals surface area contributed by atoms with Crippen molar-refractivity contribution in [3.05, 3.63) is 42.5 Å². The molecule has 2 aromatic carbocycles. The summed E-state index contributed by atoms with van der Waals surface area (Å²) in [6, 6.07) is 12.8. The van der Waals surface area contributed by atoms with Crippen molar-refractivity contribution < 1.29 is 19.4 Å². The van der Waals surface area contributed by atoms with Crippen molar-refractivity contribution in [2.24, 2.45) is 5.73 Å². The molecule has 1 unspecified atom stereocenters. The Balaban J connectivity index is 1.92. The minimum atomic E-state index is -0.962. The van der Waals surface area contributed by atoms with Gasteiger partial charge in [0, 0.05) is 11.4 Å². The van der Waals surface area contributed by atoms with Crippen LogP contribution >= 0.6 is 0 Å². The third-order valence-electron chi connectivity index (χ3n) is 3.48. The first-order valence-corrected chi connectivity index (χ1v) is 8.02. The van der Waals surface area contributed by atoms with Crippen molar-refractivity contribution in [2.45, 2.75) is 44.9 Å². The van der Waals surface area contributed by atoms with Gasteiger partial charge in [0.05, 0.1) is 6.42 Å². The summed E-state index contributed by atoms with van der Waals surface area (Å²) in [5.74, 6) is 0.246. The van der Waals surface area contributed by atoms with Gasteiger partial charge in [-0.2, -0.15) is 0 Å². The fraction of sp³-hybridized carbons (Fsp3) is 0.421. The van der Waals surface area contributed by atoms with Crippen LogP contribution in [0, 0.1) is 0 Å². The van der Waals surface area contributed by atoms with Gasteiger partial charge in [-0.1, -0.05) is 36.4 Å². The molecule has 0 spiro atoms. The Morgan fingerprint density at radius 2 is 1.83 bits per heavy atom. The summed E-state index contributed by atoms with van der Waals surface area (Å²) >= 11 is 0. The van der Waals surface area contributed by atoms with Crippen molar-refractivity contribution in [3.8, 4) is 5.75 Å². The monoisotopic (exact) mass is 331 g/mol. The zero-order valence-electron chi connectivity index (χ0n) is 14.4. The van der Waals surface area contributed by atoms with Gasteiger partial charge in [-0.3, -0.25) is 4.79 Å². The molecule has 24 heavy (non-hydrogen) atoms. The molecular weight excluding hydrogens is 306 g/mol. The number of hydrogen-bond donors (Lipinski definition) is 2. The van der Waals surface area contributed by atoms with Crippen LogP contribution in [0.15, 0.2) is 42.5 Å². The van der Waals surface area contributed by atoms with Crippen molar-refractivity contribution in [1.82, 2.24) is 0 Å². The standard InChI is InChI=1S/C19H25NO4/c1-19(2,3)24-18(22)11-15(20)16(21)12-23-17-10-6-8-13-7-4-5-9-14(13)17/h4-10,15-16,21H,11-12,20H2,1-3H3/t15-,16?/m0/s1. The van der Waals surface area contributed by atoms with Gasteiger partial charge >= 0.3 is 5.97 Å². The van der Waals surface area contributed by atoms with Crippen LogP contribution in [-0.4, -0.2) is 35.4 Å². The maximum Gasteiger partial charge on any atom is 0.307 e. The van der Waals surface area contributed by atoms with Crippen LogP contribution in [0.2, 0.25) is 0 Å². The molecule has 2 atom stereocenters. The van der Waals surface area contributed by atoms with E-state index in [9.17, 15) is 9.90 Å². The largest absolute Gasteiger partial charge is 0.490 e. The lowest BCUT2D eigenvalue weighted by atomic mass is 10.1. The minimum Gasteiger partial charge on any atom is -0.490 e. The molecule has 0 saturated heterocycles. The lowest BCUT2D eigenvalue weighted by molar-refractivity contribution is -0.156. The number of aliphatic hydroxyl groups is 1. The molecule has 5 heteroatoms. The summed E-state index contributed by atoms with van der Waals surface area (Å²) in [5, 5.41) is 12.2. The number of fused-ring (bicyclic) bond motifs is 1. The van der Waals surface area contributed by atoms with Gasteiger partial charge in [-0.05, 0) is 32.2 Å². The highest BCUT2D eigenvalue weighted by atomic mass is 16.6. The third kappa shape index (κ3) is 5.22. The predicted molar refractivity (Wildman–Crippen MR) is 93.9 cm³/mol. The normalized spacial score (nSPS) is 14.2. The van der Waals surface area contributed by atoms with E-state index in [1.54, 1.807) is 20.8 Å². The van der Waals surface area contributed by atoms with E-state index in [0.717, 1.165) is 10.8 Å². The summed E-state index contributed by atoms with van der Waals surface area (Å²) in [6.45, 7) is 5.38. The molecule has 0 aliphatic rings. The molecule has 2 aromatic rings. The Labute approximate surface area is 142 Å².